The van der Waals surface area contributed by atoms with Gasteiger partial charge in [-0.25, -0.2) is 0 Å². The zero-order chi connectivity index (χ0) is 18.2. The zero-order valence-electron chi connectivity index (χ0n) is 15.7. The van der Waals surface area contributed by atoms with Gasteiger partial charge in [0.25, 0.3) is 0 Å². The summed E-state index contributed by atoms with van der Waals surface area (Å²) in [5.74, 6) is 1.11. The maximum Gasteiger partial charge on any atom is 0.216 e. The normalized spacial score (nSPS) is 15.3. The van der Waals surface area contributed by atoms with Crippen molar-refractivity contribution in [1.82, 2.24) is 5.32 Å². The summed E-state index contributed by atoms with van der Waals surface area (Å²) in [5, 5.41) is 2.87. The summed E-state index contributed by atoms with van der Waals surface area (Å²) in [6.45, 7) is 2.30. The van der Waals surface area contributed by atoms with Crippen LogP contribution in [-0.4, -0.2) is 18.6 Å². The molecule has 0 aliphatic carbocycles. The fourth-order valence-corrected chi connectivity index (χ4v) is 3.69. The van der Waals surface area contributed by atoms with Gasteiger partial charge in [0.15, 0.2) is 0 Å². The van der Waals surface area contributed by atoms with Crippen molar-refractivity contribution >= 4 is 5.91 Å². The van der Waals surface area contributed by atoms with E-state index in [2.05, 4.69) is 53.8 Å². The first kappa shape index (κ1) is 18.5. The maximum absolute atomic E-state index is 11.0. The quantitative estimate of drug-likeness (QED) is 0.677. The molecule has 0 bridgehead atoms. The third kappa shape index (κ3) is 5.35. The number of carbonyl (C=O) groups excluding carboxylic acids is 1. The highest BCUT2D eigenvalue weighted by atomic mass is 16.5. The van der Waals surface area contributed by atoms with E-state index in [0.29, 0.717) is 6.10 Å². The molecular formula is C23H29NO2. The number of aryl methyl sites for hydroxylation is 2. The molecule has 3 nitrogen and oxygen atoms in total. The van der Waals surface area contributed by atoms with E-state index < -0.39 is 0 Å². The van der Waals surface area contributed by atoms with Gasteiger partial charge in [-0.15, -0.1) is 0 Å². The number of amides is 1. The van der Waals surface area contributed by atoms with E-state index in [0.717, 1.165) is 44.4 Å². The van der Waals surface area contributed by atoms with Gasteiger partial charge in [0.05, 0.1) is 0 Å². The molecular weight excluding hydrogens is 322 g/mol. The van der Waals surface area contributed by atoms with E-state index in [-0.39, 0.29) is 5.91 Å². The lowest BCUT2D eigenvalue weighted by atomic mass is 9.97. The van der Waals surface area contributed by atoms with Crippen molar-refractivity contribution in [3.63, 3.8) is 0 Å². The van der Waals surface area contributed by atoms with Gasteiger partial charge in [-0.2, -0.15) is 0 Å². The molecule has 0 spiro atoms. The minimum absolute atomic E-state index is 0.0437. The van der Waals surface area contributed by atoms with Crippen LogP contribution in [0.4, 0.5) is 0 Å². The number of rotatable bonds is 9. The van der Waals surface area contributed by atoms with E-state index in [9.17, 15) is 4.79 Å². The Bertz CT molecular complexity index is 711. The van der Waals surface area contributed by atoms with E-state index in [1.165, 1.54) is 29.5 Å². The predicted molar refractivity (Wildman–Crippen MR) is 106 cm³/mol. The fraction of sp³-hybridized carbons (Fsp3) is 0.435. The number of ether oxygens (including phenoxy) is 1. The van der Waals surface area contributed by atoms with Crippen molar-refractivity contribution in [1.29, 1.82) is 0 Å². The van der Waals surface area contributed by atoms with Crippen molar-refractivity contribution < 1.29 is 9.53 Å². The third-order valence-electron chi connectivity index (χ3n) is 5.04. The van der Waals surface area contributed by atoms with Crippen molar-refractivity contribution in [2.24, 2.45) is 0 Å². The number of hydrogen-bond donors (Lipinski definition) is 1. The Morgan fingerprint density at radius 3 is 2.69 bits per heavy atom. The second-order valence-electron chi connectivity index (χ2n) is 7.16. The van der Waals surface area contributed by atoms with Crippen molar-refractivity contribution in [3.05, 3.63) is 65.2 Å². The lowest BCUT2D eigenvalue weighted by Crippen LogP contribution is -2.21. The van der Waals surface area contributed by atoms with E-state index in [1.807, 2.05) is 0 Å². The minimum atomic E-state index is 0.0437. The molecule has 1 atom stereocenters. The van der Waals surface area contributed by atoms with E-state index in [1.54, 1.807) is 6.92 Å². The lowest BCUT2D eigenvalue weighted by Gasteiger charge is -2.10. The van der Waals surface area contributed by atoms with Gasteiger partial charge >= 0.3 is 0 Å². The molecule has 1 N–H and O–H groups in total. The second-order valence-corrected chi connectivity index (χ2v) is 7.16. The fourth-order valence-electron chi connectivity index (χ4n) is 3.69. The van der Waals surface area contributed by atoms with Crippen LogP contribution < -0.4 is 10.1 Å². The molecule has 3 rings (SSSR count). The summed E-state index contributed by atoms with van der Waals surface area (Å²) in [6.07, 6.45) is 7.98. The van der Waals surface area contributed by atoms with Gasteiger partial charge in [0.1, 0.15) is 11.9 Å². The van der Waals surface area contributed by atoms with Crippen LogP contribution in [0, 0.1) is 0 Å². The van der Waals surface area contributed by atoms with Crippen molar-refractivity contribution in [2.75, 3.05) is 6.54 Å². The molecule has 1 amide bonds. The van der Waals surface area contributed by atoms with Crippen LogP contribution in [0.1, 0.15) is 49.3 Å². The molecule has 3 heteroatoms. The average Bonchev–Trinajstić information content (AvgIpc) is 3.07. The highest BCUT2D eigenvalue weighted by molar-refractivity contribution is 5.72. The Labute approximate surface area is 156 Å². The van der Waals surface area contributed by atoms with Gasteiger partial charge in [-0.3, -0.25) is 4.79 Å². The van der Waals surface area contributed by atoms with Gasteiger partial charge < -0.3 is 10.1 Å². The minimum Gasteiger partial charge on any atom is -0.490 e. The van der Waals surface area contributed by atoms with Crippen LogP contribution in [0.25, 0.3) is 0 Å². The zero-order valence-corrected chi connectivity index (χ0v) is 15.7. The van der Waals surface area contributed by atoms with Gasteiger partial charge in [0, 0.05) is 25.5 Å². The standard InChI is InChI=1S/C23H29NO2/c1-18(25)24-16-8-13-20-12-7-15-23-22(20)17-21(26-23)14-6-5-11-19-9-3-2-4-10-19/h2-4,7,9-10,12,15,21H,5-6,8,11,13-14,16-17H2,1H3,(H,24,25). The highest BCUT2D eigenvalue weighted by Gasteiger charge is 2.24. The molecule has 0 saturated heterocycles. The summed E-state index contributed by atoms with van der Waals surface area (Å²) in [6, 6.07) is 17.1. The molecule has 1 aliphatic heterocycles. The molecule has 0 fully saturated rings. The topological polar surface area (TPSA) is 38.3 Å². The van der Waals surface area contributed by atoms with Gasteiger partial charge in [-0.1, -0.05) is 42.5 Å². The summed E-state index contributed by atoms with van der Waals surface area (Å²) >= 11 is 0. The molecule has 2 aromatic rings. The Balaban J connectivity index is 1.43. The van der Waals surface area contributed by atoms with Crippen molar-refractivity contribution in [2.45, 2.75) is 58.0 Å². The molecule has 1 heterocycles. The van der Waals surface area contributed by atoms with Crippen LogP contribution in [0.15, 0.2) is 48.5 Å². The van der Waals surface area contributed by atoms with E-state index in [4.69, 9.17) is 4.74 Å². The first-order valence-electron chi connectivity index (χ1n) is 9.78. The SMILES string of the molecule is CC(=O)NCCCc1cccc2c1CC(CCCCc1ccccc1)O2. The van der Waals surface area contributed by atoms with Crippen LogP contribution >= 0.6 is 0 Å². The number of nitrogens with one attached hydrogen (secondary N) is 1. The molecule has 1 aliphatic rings. The molecule has 2 aromatic carbocycles. The molecule has 1 unspecified atom stereocenters. The van der Waals surface area contributed by atoms with Crippen LogP contribution in [0.5, 0.6) is 5.75 Å². The number of carbonyl (C=O) groups is 1. The monoisotopic (exact) mass is 351 g/mol. The average molecular weight is 351 g/mol. The van der Waals surface area contributed by atoms with Crippen LogP contribution in [0.2, 0.25) is 0 Å². The number of fused-ring (bicyclic) bond motifs is 1. The Morgan fingerprint density at radius 1 is 1.04 bits per heavy atom. The molecule has 138 valence electrons. The lowest BCUT2D eigenvalue weighted by molar-refractivity contribution is -0.118. The Morgan fingerprint density at radius 2 is 1.88 bits per heavy atom. The molecule has 0 aromatic heterocycles. The first-order valence-corrected chi connectivity index (χ1v) is 9.78. The summed E-state index contributed by atoms with van der Waals surface area (Å²) in [5.41, 5.74) is 4.17. The summed E-state index contributed by atoms with van der Waals surface area (Å²) in [4.78, 5) is 11.0. The first-order chi connectivity index (χ1) is 12.7. The van der Waals surface area contributed by atoms with Crippen LogP contribution in [-0.2, 0) is 24.1 Å². The van der Waals surface area contributed by atoms with Gasteiger partial charge in [0.2, 0.25) is 5.91 Å². The summed E-state index contributed by atoms with van der Waals surface area (Å²) < 4.78 is 6.17. The third-order valence-corrected chi connectivity index (χ3v) is 5.04. The maximum atomic E-state index is 11.0. The van der Waals surface area contributed by atoms with Crippen LogP contribution in [0.3, 0.4) is 0 Å². The largest absolute Gasteiger partial charge is 0.490 e. The van der Waals surface area contributed by atoms with Gasteiger partial charge in [-0.05, 0) is 55.7 Å². The smallest absolute Gasteiger partial charge is 0.216 e. The number of unbranched alkanes of at least 4 members (excludes halogenated alkanes) is 1. The van der Waals surface area contributed by atoms with Crippen molar-refractivity contribution in [3.8, 4) is 5.75 Å². The summed E-state index contributed by atoms with van der Waals surface area (Å²) in [7, 11) is 0. The number of benzene rings is 2. The Kier molecular flexibility index (Phi) is 6.70. The second kappa shape index (κ2) is 9.42. The Hall–Kier alpha value is -2.29. The van der Waals surface area contributed by atoms with E-state index >= 15 is 0 Å². The molecule has 0 radical (unpaired) electrons. The molecule has 26 heavy (non-hydrogen) atoms. The predicted octanol–water partition coefficient (Wildman–Crippen LogP) is 4.47. The molecule has 0 saturated carbocycles. The number of hydrogen-bond acceptors (Lipinski definition) is 2. The highest BCUT2D eigenvalue weighted by Crippen LogP contribution is 2.33.